The highest BCUT2D eigenvalue weighted by Crippen LogP contribution is 2.20. The Labute approximate surface area is 182 Å². The topological polar surface area (TPSA) is 103 Å². The van der Waals surface area contributed by atoms with Crippen LogP contribution in [0.25, 0.3) is 0 Å². The van der Waals surface area contributed by atoms with Crippen LogP contribution in [0.5, 0.6) is 0 Å². The number of nitrogens with one attached hydrogen (secondary N) is 4. The van der Waals surface area contributed by atoms with E-state index in [0.717, 1.165) is 29.7 Å². The van der Waals surface area contributed by atoms with Gasteiger partial charge in [-0.15, -0.1) is 0 Å². The lowest BCUT2D eigenvalue weighted by Crippen LogP contribution is -2.46. The number of carbonyl (C=O) groups is 3. The maximum atomic E-state index is 12.6. The highest BCUT2D eigenvalue weighted by Gasteiger charge is 2.27. The molecule has 3 rings (SSSR count). The molecule has 2 aromatic carbocycles. The number of urea groups is 2. The molecule has 1 aliphatic heterocycles. The summed E-state index contributed by atoms with van der Waals surface area (Å²) in [6.45, 7) is 4.94. The molecule has 4 N–H and O–H groups in total. The van der Waals surface area contributed by atoms with Crippen LogP contribution < -0.4 is 21.3 Å². The van der Waals surface area contributed by atoms with Crippen molar-refractivity contribution in [1.82, 2.24) is 10.2 Å². The second-order valence-electron chi connectivity index (χ2n) is 7.87. The fourth-order valence-electron chi connectivity index (χ4n) is 3.80. The van der Waals surface area contributed by atoms with Crippen LogP contribution in [0.3, 0.4) is 0 Å². The molecule has 0 saturated carbocycles. The van der Waals surface area contributed by atoms with Gasteiger partial charge in [-0.3, -0.25) is 4.79 Å². The maximum absolute atomic E-state index is 12.6. The minimum atomic E-state index is -0.363. The Morgan fingerprint density at radius 2 is 1.55 bits per heavy atom. The molecule has 0 aromatic heterocycles. The average Bonchev–Trinajstić information content (AvgIpc) is 2.72. The van der Waals surface area contributed by atoms with Crippen LogP contribution in [0.2, 0.25) is 0 Å². The molecule has 5 amide bonds. The molecule has 8 nitrogen and oxygen atoms in total. The molecule has 1 fully saturated rings. The van der Waals surface area contributed by atoms with Crippen LogP contribution in [0.4, 0.5) is 26.7 Å². The zero-order valence-corrected chi connectivity index (χ0v) is 18.1. The first-order valence-electron chi connectivity index (χ1n) is 10.4. The Hall–Kier alpha value is -3.55. The van der Waals surface area contributed by atoms with E-state index in [-0.39, 0.29) is 23.9 Å². The fourth-order valence-corrected chi connectivity index (χ4v) is 3.80. The van der Waals surface area contributed by atoms with Crippen molar-refractivity contribution >= 4 is 35.0 Å². The van der Waals surface area contributed by atoms with Gasteiger partial charge in [-0.2, -0.15) is 0 Å². The number of hydrogen-bond donors (Lipinski definition) is 4. The summed E-state index contributed by atoms with van der Waals surface area (Å²) in [5.74, 6) is -0.232. The van der Waals surface area contributed by atoms with Crippen molar-refractivity contribution in [2.75, 3.05) is 36.1 Å². The predicted molar refractivity (Wildman–Crippen MR) is 122 cm³/mol. The van der Waals surface area contributed by atoms with Gasteiger partial charge in [-0.05, 0) is 68.1 Å². The summed E-state index contributed by atoms with van der Waals surface area (Å²) in [4.78, 5) is 38.5. The number of carbonyl (C=O) groups excluding carboxylic acids is 3. The van der Waals surface area contributed by atoms with E-state index in [2.05, 4.69) is 21.3 Å². The van der Waals surface area contributed by atoms with Gasteiger partial charge in [0.2, 0.25) is 5.91 Å². The highest BCUT2D eigenvalue weighted by atomic mass is 16.2. The first kappa shape index (κ1) is 22.1. The molecule has 0 bridgehead atoms. The quantitative estimate of drug-likeness (QED) is 0.599. The number of hydrogen-bond acceptors (Lipinski definition) is 3. The number of amides is 5. The number of anilines is 3. The molecule has 164 valence electrons. The third-order valence-electron chi connectivity index (χ3n) is 5.18. The molecule has 31 heavy (non-hydrogen) atoms. The average molecular weight is 424 g/mol. The van der Waals surface area contributed by atoms with E-state index < -0.39 is 0 Å². The van der Waals surface area contributed by atoms with Crippen LogP contribution >= 0.6 is 0 Å². The SMILES string of the molecule is CNC(=O)C1CCCN(C(=O)Nc2cccc(NC(=O)Nc3cc(C)cc(C)c3)c2)C1. The van der Waals surface area contributed by atoms with Crippen molar-refractivity contribution in [2.45, 2.75) is 26.7 Å². The number of likely N-dealkylation sites (tertiary alicyclic amines) is 1. The second kappa shape index (κ2) is 9.97. The van der Waals surface area contributed by atoms with Gasteiger partial charge < -0.3 is 26.2 Å². The Kier molecular flexibility index (Phi) is 7.12. The van der Waals surface area contributed by atoms with Crippen LogP contribution in [-0.4, -0.2) is 43.0 Å². The lowest BCUT2D eigenvalue weighted by atomic mass is 9.97. The van der Waals surface area contributed by atoms with Crippen molar-refractivity contribution < 1.29 is 14.4 Å². The largest absolute Gasteiger partial charge is 0.359 e. The number of aryl methyl sites for hydroxylation is 2. The van der Waals surface area contributed by atoms with Gasteiger partial charge in [0.15, 0.2) is 0 Å². The van der Waals surface area contributed by atoms with Gasteiger partial charge in [-0.25, -0.2) is 9.59 Å². The third-order valence-corrected chi connectivity index (χ3v) is 5.18. The zero-order valence-electron chi connectivity index (χ0n) is 18.1. The van der Waals surface area contributed by atoms with Crippen molar-refractivity contribution in [3.05, 3.63) is 53.6 Å². The van der Waals surface area contributed by atoms with E-state index in [1.165, 1.54) is 0 Å². The molecule has 2 aromatic rings. The number of piperidine rings is 1. The molecule has 1 unspecified atom stereocenters. The molecule has 1 aliphatic rings. The van der Waals surface area contributed by atoms with Gasteiger partial charge in [-0.1, -0.05) is 12.1 Å². The number of rotatable bonds is 4. The molecule has 0 aliphatic carbocycles. The molecular formula is C23H29N5O3. The monoisotopic (exact) mass is 423 g/mol. The second-order valence-corrected chi connectivity index (χ2v) is 7.87. The van der Waals surface area contributed by atoms with Gasteiger partial charge >= 0.3 is 12.1 Å². The van der Waals surface area contributed by atoms with E-state index >= 15 is 0 Å². The molecule has 1 atom stereocenters. The molecule has 8 heteroatoms. The van der Waals surface area contributed by atoms with Crippen LogP contribution in [-0.2, 0) is 4.79 Å². The van der Waals surface area contributed by atoms with Crippen LogP contribution in [0, 0.1) is 19.8 Å². The number of benzene rings is 2. The van der Waals surface area contributed by atoms with Crippen molar-refractivity contribution in [3.63, 3.8) is 0 Å². The summed E-state index contributed by atoms with van der Waals surface area (Å²) in [7, 11) is 1.61. The third kappa shape index (κ3) is 6.21. The zero-order chi connectivity index (χ0) is 22.4. The van der Waals surface area contributed by atoms with E-state index in [1.54, 1.807) is 36.2 Å². The van der Waals surface area contributed by atoms with Gasteiger partial charge in [0, 0.05) is 37.2 Å². The predicted octanol–water partition coefficient (Wildman–Crippen LogP) is 3.94. The Morgan fingerprint density at radius 3 is 2.23 bits per heavy atom. The van der Waals surface area contributed by atoms with E-state index in [1.807, 2.05) is 32.0 Å². The Balaban J connectivity index is 1.59. The first-order chi connectivity index (χ1) is 14.8. The van der Waals surface area contributed by atoms with E-state index in [4.69, 9.17) is 0 Å². The summed E-state index contributed by atoms with van der Waals surface area (Å²) in [6, 6.07) is 12.2. The minimum Gasteiger partial charge on any atom is -0.359 e. The standard InChI is InChI=1S/C23H29N5O3/c1-15-10-16(2)12-20(11-15)26-22(30)25-18-7-4-8-19(13-18)27-23(31)28-9-5-6-17(14-28)21(29)24-3/h4,7-8,10-13,17H,5-6,9,14H2,1-3H3,(H,24,29)(H,27,31)(H2,25,26,30). The van der Waals surface area contributed by atoms with Crippen molar-refractivity contribution in [3.8, 4) is 0 Å². The van der Waals surface area contributed by atoms with E-state index in [9.17, 15) is 14.4 Å². The van der Waals surface area contributed by atoms with Gasteiger partial charge in [0.1, 0.15) is 0 Å². The van der Waals surface area contributed by atoms with Crippen molar-refractivity contribution in [2.24, 2.45) is 5.92 Å². The minimum absolute atomic E-state index is 0.0430. The summed E-state index contributed by atoms with van der Waals surface area (Å²) in [5, 5.41) is 11.1. The molecular weight excluding hydrogens is 394 g/mol. The normalized spacial score (nSPS) is 15.7. The first-order valence-corrected chi connectivity index (χ1v) is 10.4. The summed E-state index contributed by atoms with van der Waals surface area (Å²) >= 11 is 0. The summed E-state index contributed by atoms with van der Waals surface area (Å²) in [6.07, 6.45) is 1.56. The molecule has 1 heterocycles. The Bertz CT molecular complexity index is 955. The number of nitrogens with zero attached hydrogens (tertiary/aromatic N) is 1. The lowest BCUT2D eigenvalue weighted by Gasteiger charge is -2.31. The molecule has 0 radical (unpaired) electrons. The summed E-state index contributed by atoms with van der Waals surface area (Å²) in [5.41, 5.74) is 3.97. The van der Waals surface area contributed by atoms with Crippen molar-refractivity contribution in [1.29, 1.82) is 0 Å². The maximum Gasteiger partial charge on any atom is 0.323 e. The van der Waals surface area contributed by atoms with Crippen LogP contribution in [0.15, 0.2) is 42.5 Å². The molecule has 0 spiro atoms. The Morgan fingerprint density at radius 1 is 0.903 bits per heavy atom. The fraction of sp³-hybridized carbons (Fsp3) is 0.348. The molecule has 1 saturated heterocycles. The highest BCUT2D eigenvalue weighted by molar-refractivity contribution is 6.00. The van der Waals surface area contributed by atoms with Gasteiger partial charge in [0.05, 0.1) is 5.92 Å². The van der Waals surface area contributed by atoms with Gasteiger partial charge in [0.25, 0.3) is 0 Å². The lowest BCUT2D eigenvalue weighted by molar-refractivity contribution is -0.125. The smallest absolute Gasteiger partial charge is 0.323 e. The van der Waals surface area contributed by atoms with E-state index in [0.29, 0.717) is 24.5 Å². The summed E-state index contributed by atoms with van der Waals surface area (Å²) < 4.78 is 0. The van der Waals surface area contributed by atoms with Crippen LogP contribution in [0.1, 0.15) is 24.0 Å².